The van der Waals surface area contributed by atoms with E-state index in [9.17, 15) is 4.79 Å². The Morgan fingerprint density at radius 1 is 1.38 bits per heavy atom. The van der Waals surface area contributed by atoms with Gasteiger partial charge in [-0.1, -0.05) is 26.0 Å². The third-order valence-corrected chi connectivity index (χ3v) is 3.85. The van der Waals surface area contributed by atoms with Crippen LogP contribution in [0, 0.1) is 0 Å². The largest absolute Gasteiger partial charge is 0.481 e. The molecule has 116 valence electrons. The zero-order valence-corrected chi connectivity index (χ0v) is 13.2. The Bertz CT molecular complexity index is 468. The van der Waals surface area contributed by atoms with Crippen LogP contribution in [-0.4, -0.2) is 31.1 Å². The number of nitrogens with one attached hydrogen (secondary N) is 2. The molecular formula is C17H26N2O2. The molecule has 1 aliphatic rings. The summed E-state index contributed by atoms with van der Waals surface area (Å²) < 4.78 is 5.78. The Labute approximate surface area is 127 Å². The zero-order chi connectivity index (χ0) is 15.2. The Hall–Kier alpha value is -1.55. The molecule has 0 radical (unpaired) electrons. The van der Waals surface area contributed by atoms with Crippen LogP contribution < -0.4 is 15.4 Å². The highest BCUT2D eigenvalue weighted by Gasteiger charge is 2.20. The monoisotopic (exact) mass is 290 g/mol. The van der Waals surface area contributed by atoms with Crippen molar-refractivity contribution in [2.45, 2.75) is 51.7 Å². The second-order valence-corrected chi connectivity index (χ2v) is 6.04. The molecule has 1 aromatic carbocycles. The fraction of sp³-hybridized carbons (Fsp3) is 0.588. The molecule has 1 heterocycles. The molecule has 1 saturated heterocycles. The Balaban J connectivity index is 1.89. The lowest BCUT2D eigenvalue weighted by Gasteiger charge is -2.25. The standard InChI is InChI=1S/C17H26N2O2/c1-12(2)14-6-4-8-16(10-14)21-13(3)17(20)19-15-7-5-9-18-11-15/h4,6,8,10,12-13,15,18H,5,7,9,11H2,1-3H3,(H,19,20). The van der Waals surface area contributed by atoms with E-state index in [1.54, 1.807) is 6.92 Å². The average molecular weight is 290 g/mol. The quantitative estimate of drug-likeness (QED) is 0.876. The molecule has 0 aromatic heterocycles. The van der Waals surface area contributed by atoms with Gasteiger partial charge in [0, 0.05) is 12.6 Å². The van der Waals surface area contributed by atoms with Crippen LogP contribution in [0.25, 0.3) is 0 Å². The SMILES string of the molecule is CC(Oc1cccc(C(C)C)c1)C(=O)NC1CCCNC1. The van der Waals surface area contributed by atoms with Crippen LogP contribution in [-0.2, 0) is 4.79 Å². The number of benzene rings is 1. The van der Waals surface area contributed by atoms with E-state index in [-0.39, 0.29) is 11.9 Å². The van der Waals surface area contributed by atoms with E-state index in [1.807, 2.05) is 18.2 Å². The fourth-order valence-corrected chi connectivity index (χ4v) is 2.50. The van der Waals surface area contributed by atoms with Gasteiger partial charge in [0.05, 0.1) is 0 Å². The number of amides is 1. The number of carbonyl (C=O) groups is 1. The first-order valence-electron chi connectivity index (χ1n) is 7.84. The summed E-state index contributed by atoms with van der Waals surface area (Å²) in [6.07, 6.45) is 1.67. The normalized spacial score (nSPS) is 20.1. The molecule has 4 nitrogen and oxygen atoms in total. The topological polar surface area (TPSA) is 50.4 Å². The predicted octanol–water partition coefficient (Wildman–Crippen LogP) is 2.45. The first kappa shape index (κ1) is 15.8. The summed E-state index contributed by atoms with van der Waals surface area (Å²) in [4.78, 5) is 12.2. The maximum Gasteiger partial charge on any atom is 0.261 e. The van der Waals surface area contributed by atoms with Crippen LogP contribution >= 0.6 is 0 Å². The second-order valence-electron chi connectivity index (χ2n) is 6.04. The fourth-order valence-electron chi connectivity index (χ4n) is 2.50. The molecule has 4 heteroatoms. The van der Waals surface area contributed by atoms with Crippen molar-refractivity contribution in [3.05, 3.63) is 29.8 Å². The third kappa shape index (κ3) is 4.74. The van der Waals surface area contributed by atoms with E-state index >= 15 is 0 Å². The lowest BCUT2D eigenvalue weighted by Crippen LogP contribution is -2.49. The molecule has 0 saturated carbocycles. The van der Waals surface area contributed by atoms with Gasteiger partial charge in [0.25, 0.3) is 5.91 Å². The van der Waals surface area contributed by atoms with Crippen molar-refractivity contribution in [2.24, 2.45) is 0 Å². The Morgan fingerprint density at radius 3 is 2.86 bits per heavy atom. The average Bonchev–Trinajstić information content (AvgIpc) is 2.48. The van der Waals surface area contributed by atoms with Crippen LogP contribution in [0.3, 0.4) is 0 Å². The molecule has 2 rings (SSSR count). The van der Waals surface area contributed by atoms with Crippen LogP contribution in [0.15, 0.2) is 24.3 Å². The molecular weight excluding hydrogens is 264 g/mol. The number of ether oxygens (including phenoxy) is 1. The number of hydrogen-bond donors (Lipinski definition) is 2. The Morgan fingerprint density at radius 2 is 2.19 bits per heavy atom. The molecule has 1 amide bonds. The lowest BCUT2D eigenvalue weighted by molar-refractivity contribution is -0.128. The van der Waals surface area contributed by atoms with E-state index in [4.69, 9.17) is 4.74 Å². The summed E-state index contributed by atoms with van der Waals surface area (Å²) >= 11 is 0. The summed E-state index contributed by atoms with van der Waals surface area (Å²) in [5, 5.41) is 6.34. The minimum atomic E-state index is -0.477. The van der Waals surface area contributed by atoms with Gasteiger partial charge < -0.3 is 15.4 Å². The number of rotatable bonds is 5. The smallest absolute Gasteiger partial charge is 0.261 e. The first-order valence-corrected chi connectivity index (χ1v) is 7.84. The highest BCUT2D eigenvalue weighted by atomic mass is 16.5. The van der Waals surface area contributed by atoms with Crippen molar-refractivity contribution in [1.82, 2.24) is 10.6 Å². The van der Waals surface area contributed by atoms with Gasteiger partial charge >= 0.3 is 0 Å². The van der Waals surface area contributed by atoms with Gasteiger partial charge in [-0.2, -0.15) is 0 Å². The summed E-state index contributed by atoms with van der Waals surface area (Å²) in [5.41, 5.74) is 1.22. The van der Waals surface area contributed by atoms with E-state index in [1.165, 1.54) is 5.56 Å². The van der Waals surface area contributed by atoms with Crippen LogP contribution in [0.2, 0.25) is 0 Å². The van der Waals surface area contributed by atoms with E-state index < -0.39 is 6.10 Å². The molecule has 1 fully saturated rings. The maximum absolute atomic E-state index is 12.2. The minimum absolute atomic E-state index is 0.0429. The van der Waals surface area contributed by atoms with Crippen molar-refractivity contribution in [2.75, 3.05) is 13.1 Å². The number of hydrogen-bond acceptors (Lipinski definition) is 3. The molecule has 1 aromatic rings. The van der Waals surface area contributed by atoms with Crippen molar-refractivity contribution < 1.29 is 9.53 Å². The number of carbonyl (C=O) groups excluding carboxylic acids is 1. The van der Waals surface area contributed by atoms with Gasteiger partial charge in [0.15, 0.2) is 6.10 Å². The molecule has 0 bridgehead atoms. The third-order valence-electron chi connectivity index (χ3n) is 3.85. The van der Waals surface area contributed by atoms with Gasteiger partial charge in [-0.05, 0) is 49.9 Å². The summed E-state index contributed by atoms with van der Waals surface area (Å²) in [6, 6.07) is 8.18. The van der Waals surface area contributed by atoms with Crippen molar-refractivity contribution in [3.8, 4) is 5.75 Å². The molecule has 0 aliphatic carbocycles. The van der Waals surface area contributed by atoms with Crippen LogP contribution in [0.1, 0.15) is 45.1 Å². The van der Waals surface area contributed by atoms with E-state index in [0.29, 0.717) is 5.92 Å². The zero-order valence-electron chi connectivity index (χ0n) is 13.2. The van der Waals surface area contributed by atoms with Gasteiger partial charge in [-0.3, -0.25) is 4.79 Å². The van der Waals surface area contributed by atoms with Crippen LogP contribution in [0.4, 0.5) is 0 Å². The summed E-state index contributed by atoms with van der Waals surface area (Å²) in [7, 11) is 0. The van der Waals surface area contributed by atoms with Crippen molar-refractivity contribution in [1.29, 1.82) is 0 Å². The highest BCUT2D eigenvalue weighted by molar-refractivity contribution is 5.81. The highest BCUT2D eigenvalue weighted by Crippen LogP contribution is 2.21. The molecule has 2 atom stereocenters. The van der Waals surface area contributed by atoms with Crippen molar-refractivity contribution >= 4 is 5.91 Å². The summed E-state index contributed by atoms with van der Waals surface area (Å²) in [6.45, 7) is 7.98. The van der Waals surface area contributed by atoms with Gasteiger partial charge in [0.1, 0.15) is 5.75 Å². The first-order chi connectivity index (χ1) is 10.1. The van der Waals surface area contributed by atoms with Crippen LogP contribution in [0.5, 0.6) is 5.75 Å². The van der Waals surface area contributed by atoms with E-state index in [2.05, 4.69) is 30.5 Å². The van der Waals surface area contributed by atoms with Crippen molar-refractivity contribution in [3.63, 3.8) is 0 Å². The second kappa shape index (κ2) is 7.46. The summed E-state index contributed by atoms with van der Waals surface area (Å²) in [5.74, 6) is 1.16. The Kier molecular flexibility index (Phi) is 5.62. The molecule has 1 aliphatic heterocycles. The minimum Gasteiger partial charge on any atom is -0.481 e. The molecule has 2 unspecified atom stereocenters. The molecule has 21 heavy (non-hydrogen) atoms. The predicted molar refractivity (Wildman–Crippen MR) is 84.7 cm³/mol. The lowest BCUT2D eigenvalue weighted by atomic mass is 10.0. The van der Waals surface area contributed by atoms with Gasteiger partial charge in [-0.15, -0.1) is 0 Å². The number of piperidine rings is 1. The van der Waals surface area contributed by atoms with Gasteiger partial charge in [0.2, 0.25) is 0 Å². The van der Waals surface area contributed by atoms with Gasteiger partial charge in [-0.25, -0.2) is 0 Å². The maximum atomic E-state index is 12.2. The molecule has 2 N–H and O–H groups in total. The van der Waals surface area contributed by atoms with E-state index in [0.717, 1.165) is 31.7 Å². The molecule has 0 spiro atoms.